The maximum absolute atomic E-state index is 12.0. The summed E-state index contributed by atoms with van der Waals surface area (Å²) in [5, 5.41) is 3.36. The first-order chi connectivity index (χ1) is 8.78. The topological polar surface area (TPSA) is 32.3 Å². The van der Waals surface area contributed by atoms with Gasteiger partial charge in [-0.1, -0.05) is 6.92 Å². The highest BCUT2D eigenvalue weighted by Crippen LogP contribution is 2.17. The summed E-state index contributed by atoms with van der Waals surface area (Å²) in [6, 6.07) is 4.24. The van der Waals surface area contributed by atoms with Crippen LogP contribution < -0.4 is 5.32 Å². The van der Waals surface area contributed by atoms with Crippen LogP contribution in [0.25, 0.3) is 0 Å². The van der Waals surface area contributed by atoms with Crippen molar-refractivity contribution in [3.05, 3.63) is 21.9 Å². The zero-order chi connectivity index (χ0) is 12.8. The summed E-state index contributed by atoms with van der Waals surface area (Å²) < 4.78 is 0. The normalized spacial score (nSPS) is 17.6. The molecular formula is C14H22N2OS. The van der Waals surface area contributed by atoms with Crippen LogP contribution >= 0.6 is 11.3 Å². The zero-order valence-electron chi connectivity index (χ0n) is 11.1. The molecule has 1 aliphatic rings. The molecule has 0 aromatic carbocycles. The third-order valence-corrected chi connectivity index (χ3v) is 4.50. The molecular weight excluding hydrogens is 244 g/mol. The maximum atomic E-state index is 12.0. The van der Waals surface area contributed by atoms with E-state index in [0.717, 1.165) is 39.0 Å². The fourth-order valence-corrected chi connectivity index (χ4v) is 3.25. The van der Waals surface area contributed by atoms with Crippen molar-refractivity contribution in [1.29, 1.82) is 0 Å². The van der Waals surface area contributed by atoms with Crippen LogP contribution in [0.2, 0.25) is 0 Å². The smallest absolute Gasteiger partial charge is 0.152 e. The van der Waals surface area contributed by atoms with E-state index in [9.17, 15) is 4.79 Å². The molecule has 1 N–H and O–H groups in total. The molecule has 1 aliphatic heterocycles. The highest BCUT2D eigenvalue weighted by Gasteiger charge is 2.13. The highest BCUT2D eigenvalue weighted by atomic mass is 32.1. The second-order valence-electron chi connectivity index (χ2n) is 4.82. The third kappa shape index (κ3) is 4.19. The van der Waals surface area contributed by atoms with Gasteiger partial charge in [-0.3, -0.25) is 9.69 Å². The first-order valence-corrected chi connectivity index (χ1v) is 7.62. The van der Waals surface area contributed by atoms with E-state index in [1.165, 1.54) is 9.75 Å². The average Bonchev–Trinajstić information content (AvgIpc) is 2.65. The van der Waals surface area contributed by atoms with E-state index in [-0.39, 0.29) is 0 Å². The van der Waals surface area contributed by atoms with E-state index in [1.807, 2.05) is 0 Å². The van der Waals surface area contributed by atoms with E-state index in [1.54, 1.807) is 11.3 Å². The van der Waals surface area contributed by atoms with Gasteiger partial charge in [0.05, 0.1) is 6.54 Å². The SMILES string of the molecule is CCc1ccc(CC(=O)CN2CCCNCC2)s1. The minimum atomic E-state index is 0.349. The van der Waals surface area contributed by atoms with Crippen molar-refractivity contribution < 1.29 is 4.79 Å². The molecule has 1 aromatic rings. The molecule has 0 saturated carbocycles. The number of carbonyl (C=O) groups excluding carboxylic acids is 1. The van der Waals surface area contributed by atoms with E-state index in [4.69, 9.17) is 0 Å². The molecule has 0 bridgehead atoms. The quantitative estimate of drug-likeness (QED) is 0.881. The van der Waals surface area contributed by atoms with Crippen molar-refractivity contribution >= 4 is 17.1 Å². The summed E-state index contributed by atoms with van der Waals surface area (Å²) in [7, 11) is 0. The number of carbonyl (C=O) groups is 1. The van der Waals surface area contributed by atoms with Crippen LogP contribution in [0, 0.1) is 0 Å². The second kappa shape index (κ2) is 7.02. The second-order valence-corrected chi connectivity index (χ2v) is 6.07. The van der Waals surface area contributed by atoms with Crippen molar-refractivity contribution in [2.45, 2.75) is 26.2 Å². The molecule has 0 unspecified atom stereocenters. The van der Waals surface area contributed by atoms with E-state index < -0.39 is 0 Å². The van der Waals surface area contributed by atoms with Gasteiger partial charge in [-0.25, -0.2) is 0 Å². The summed E-state index contributed by atoms with van der Waals surface area (Å²) >= 11 is 1.78. The van der Waals surface area contributed by atoms with E-state index >= 15 is 0 Å². The molecule has 3 nitrogen and oxygen atoms in total. The molecule has 2 rings (SSSR count). The van der Waals surface area contributed by atoms with Gasteiger partial charge in [-0.15, -0.1) is 11.3 Å². The van der Waals surface area contributed by atoms with Gasteiger partial charge < -0.3 is 5.32 Å². The predicted octanol–water partition coefficient (Wildman–Crippen LogP) is 1.72. The molecule has 0 radical (unpaired) electrons. The Morgan fingerprint density at radius 1 is 1.33 bits per heavy atom. The molecule has 4 heteroatoms. The molecule has 2 heterocycles. The molecule has 100 valence electrons. The summed E-state index contributed by atoms with van der Waals surface area (Å²) in [6.07, 6.45) is 2.82. The Labute approximate surface area is 113 Å². The van der Waals surface area contributed by atoms with E-state index in [2.05, 4.69) is 29.3 Å². The standard InChI is InChI=1S/C14H22N2OS/c1-2-13-4-5-14(18-13)10-12(17)11-16-8-3-6-15-7-9-16/h4-5,15H,2-3,6-11H2,1H3. The van der Waals surface area contributed by atoms with Crippen LogP contribution in [0.15, 0.2) is 12.1 Å². The Bertz CT molecular complexity index is 381. The van der Waals surface area contributed by atoms with Crippen LogP contribution in [0.5, 0.6) is 0 Å². The van der Waals surface area contributed by atoms with Gasteiger partial charge in [0.1, 0.15) is 0 Å². The number of rotatable bonds is 5. The zero-order valence-corrected chi connectivity index (χ0v) is 11.9. The first kappa shape index (κ1) is 13.7. The molecule has 0 aliphatic carbocycles. The van der Waals surface area contributed by atoms with Gasteiger partial charge in [0, 0.05) is 29.3 Å². The summed E-state index contributed by atoms with van der Waals surface area (Å²) in [5.74, 6) is 0.349. The van der Waals surface area contributed by atoms with Crippen molar-refractivity contribution in [2.24, 2.45) is 0 Å². The van der Waals surface area contributed by atoms with Crippen LogP contribution in [-0.4, -0.2) is 43.4 Å². The van der Waals surface area contributed by atoms with Crippen LogP contribution in [0.3, 0.4) is 0 Å². The first-order valence-electron chi connectivity index (χ1n) is 6.80. The predicted molar refractivity (Wildman–Crippen MR) is 76.3 cm³/mol. The number of thiophene rings is 1. The third-order valence-electron chi connectivity index (χ3n) is 3.27. The lowest BCUT2D eigenvalue weighted by Crippen LogP contribution is -2.33. The van der Waals surface area contributed by atoms with Gasteiger partial charge in [0.25, 0.3) is 0 Å². The van der Waals surface area contributed by atoms with Gasteiger partial charge in [0.2, 0.25) is 0 Å². The fraction of sp³-hybridized carbons (Fsp3) is 0.643. The van der Waals surface area contributed by atoms with Crippen molar-refractivity contribution in [2.75, 3.05) is 32.7 Å². The number of nitrogens with zero attached hydrogens (tertiary/aromatic N) is 1. The van der Waals surface area contributed by atoms with Gasteiger partial charge in [-0.05, 0) is 38.1 Å². The molecule has 0 spiro atoms. The Morgan fingerprint density at radius 2 is 2.17 bits per heavy atom. The molecule has 18 heavy (non-hydrogen) atoms. The number of hydrogen-bond acceptors (Lipinski definition) is 4. The minimum absolute atomic E-state index is 0.349. The number of ketones is 1. The van der Waals surface area contributed by atoms with Crippen molar-refractivity contribution in [3.8, 4) is 0 Å². The van der Waals surface area contributed by atoms with Crippen LogP contribution in [0.4, 0.5) is 0 Å². The number of Topliss-reactive ketones (excluding diaryl/α,β-unsaturated/α-hetero) is 1. The number of hydrogen-bond donors (Lipinski definition) is 1. The molecule has 0 amide bonds. The molecule has 1 aromatic heterocycles. The van der Waals surface area contributed by atoms with E-state index in [0.29, 0.717) is 18.7 Å². The lowest BCUT2D eigenvalue weighted by molar-refractivity contribution is -0.119. The lowest BCUT2D eigenvalue weighted by atomic mass is 10.2. The maximum Gasteiger partial charge on any atom is 0.152 e. The molecule has 1 fully saturated rings. The minimum Gasteiger partial charge on any atom is -0.315 e. The average molecular weight is 266 g/mol. The Hall–Kier alpha value is -0.710. The molecule has 0 atom stereocenters. The van der Waals surface area contributed by atoms with Gasteiger partial charge in [0.15, 0.2) is 5.78 Å². The number of nitrogens with one attached hydrogen (secondary N) is 1. The highest BCUT2D eigenvalue weighted by molar-refractivity contribution is 7.12. The molecule has 1 saturated heterocycles. The van der Waals surface area contributed by atoms with Gasteiger partial charge in [-0.2, -0.15) is 0 Å². The summed E-state index contributed by atoms with van der Waals surface area (Å²) in [6.45, 7) is 6.89. The summed E-state index contributed by atoms with van der Waals surface area (Å²) in [5.41, 5.74) is 0. The largest absolute Gasteiger partial charge is 0.315 e. The van der Waals surface area contributed by atoms with Crippen molar-refractivity contribution in [3.63, 3.8) is 0 Å². The number of aryl methyl sites for hydroxylation is 1. The van der Waals surface area contributed by atoms with Crippen LogP contribution in [-0.2, 0) is 17.6 Å². The van der Waals surface area contributed by atoms with Crippen LogP contribution in [0.1, 0.15) is 23.1 Å². The fourth-order valence-electron chi connectivity index (χ4n) is 2.27. The Morgan fingerprint density at radius 3 is 2.94 bits per heavy atom. The monoisotopic (exact) mass is 266 g/mol. The summed E-state index contributed by atoms with van der Waals surface area (Å²) in [4.78, 5) is 16.9. The Balaban J connectivity index is 1.80. The van der Waals surface area contributed by atoms with Crippen molar-refractivity contribution in [1.82, 2.24) is 10.2 Å². The lowest BCUT2D eigenvalue weighted by Gasteiger charge is -2.17. The van der Waals surface area contributed by atoms with Gasteiger partial charge >= 0.3 is 0 Å². The Kier molecular flexibility index (Phi) is 5.35.